The van der Waals surface area contributed by atoms with Crippen LogP contribution in [-0.2, 0) is 0 Å². The third kappa shape index (κ3) is 3.06. The number of piperidine rings is 1. The van der Waals surface area contributed by atoms with E-state index in [1.165, 1.54) is 12.4 Å². The maximum absolute atomic E-state index is 14.4. The summed E-state index contributed by atoms with van der Waals surface area (Å²) in [5, 5.41) is 4.51. The molecule has 0 N–H and O–H groups in total. The number of benzene rings is 1. The lowest BCUT2D eigenvalue weighted by atomic mass is 9.96. The Morgan fingerprint density at radius 2 is 2.00 bits per heavy atom. The second-order valence-corrected chi connectivity index (χ2v) is 7.71. The van der Waals surface area contributed by atoms with Crippen LogP contribution in [0.1, 0.15) is 50.2 Å². The maximum atomic E-state index is 14.4. The first-order chi connectivity index (χ1) is 12.5. The van der Waals surface area contributed by atoms with E-state index in [9.17, 15) is 4.39 Å². The van der Waals surface area contributed by atoms with Crippen LogP contribution in [0.3, 0.4) is 0 Å². The molecule has 1 fully saturated rings. The summed E-state index contributed by atoms with van der Waals surface area (Å²) in [5.41, 5.74) is 0.593. The topological polar surface area (TPSA) is 67.9 Å². The van der Waals surface area contributed by atoms with Gasteiger partial charge in [-0.05, 0) is 40.9 Å². The lowest BCUT2D eigenvalue weighted by Gasteiger charge is -2.31. The third-order valence-corrected chi connectivity index (χ3v) is 5.43. The van der Waals surface area contributed by atoms with Crippen LogP contribution >= 0.6 is 15.9 Å². The van der Waals surface area contributed by atoms with Crippen molar-refractivity contribution >= 4 is 32.7 Å². The molecule has 0 radical (unpaired) electrons. The zero-order chi connectivity index (χ0) is 18.3. The molecule has 0 unspecified atom stereocenters. The SMILES string of the molecule is CC(C)c1noc(C2CCN(c3ncnc4c(Br)ccc(F)c34)CC2)n1. The summed E-state index contributed by atoms with van der Waals surface area (Å²) in [6.45, 7) is 5.60. The summed E-state index contributed by atoms with van der Waals surface area (Å²) < 4.78 is 20.6. The molecule has 0 spiro atoms. The van der Waals surface area contributed by atoms with E-state index in [0.29, 0.717) is 22.6 Å². The number of aromatic nitrogens is 4. The van der Waals surface area contributed by atoms with Gasteiger partial charge in [0, 0.05) is 29.4 Å². The zero-order valence-corrected chi connectivity index (χ0v) is 16.2. The van der Waals surface area contributed by atoms with Crippen molar-refractivity contribution < 1.29 is 8.91 Å². The summed E-state index contributed by atoms with van der Waals surface area (Å²) in [6, 6.07) is 3.11. The lowest BCUT2D eigenvalue weighted by Crippen LogP contribution is -2.34. The van der Waals surface area contributed by atoms with Crippen LogP contribution in [0.5, 0.6) is 0 Å². The molecule has 8 heteroatoms. The van der Waals surface area contributed by atoms with Gasteiger partial charge in [0.15, 0.2) is 5.82 Å². The van der Waals surface area contributed by atoms with Crippen LogP contribution < -0.4 is 4.90 Å². The van der Waals surface area contributed by atoms with Gasteiger partial charge in [-0.3, -0.25) is 0 Å². The van der Waals surface area contributed by atoms with E-state index in [2.05, 4.69) is 40.9 Å². The van der Waals surface area contributed by atoms with E-state index in [-0.39, 0.29) is 17.7 Å². The second kappa shape index (κ2) is 6.90. The highest BCUT2D eigenvalue weighted by molar-refractivity contribution is 9.10. The standard InChI is InChI=1S/C18H19BrFN5O/c1-10(2)16-23-18(26-24-16)11-5-7-25(8-6-11)17-14-13(20)4-3-12(19)15(14)21-9-22-17/h3-4,9-11H,5-8H2,1-2H3. The molecular formula is C18H19BrFN5O. The molecule has 6 nitrogen and oxygen atoms in total. The molecular weight excluding hydrogens is 401 g/mol. The van der Waals surface area contributed by atoms with Crippen LogP contribution in [-0.4, -0.2) is 33.2 Å². The van der Waals surface area contributed by atoms with E-state index in [1.807, 2.05) is 13.8 Å². The molecule has 1 aliphatic heterocycles. The normalized spacial score (nSPS) is 16.0. The van der Waals surface area contributed by atoms with Gasteiger partial charge in [0.25, 0.3) is 0 Å². The Bertz CT molecular complexity index is 936. The highest BCUT2D eigenvalue weighted by Gasteiger charge is 2.27. The lowest BCUT2D eigenvalue weighted by molar-refractivity contribution is 0.326. The molecule has 0 amide bonds. The summed E-state index contributed by atoms with van der Waals surface area (Å²) >= 11 is 3.44. The first-order valence-electron chi connectivity index (χ1n) is 8.71. The summed E-state index contributed by atoms with van der Waals surface area (Å²) in [6.07, 6.45) is 3.21. The van der Waals surface area contributed by atoms with Gasteiger partial charge in [-0.25, -0.2) is 14.4 Å². The van der Waals surface area contributed by atoms with Crippen molar-refractivity contribution in [3.63, 3.8) is 0 Å². The van der Waals surface area contributed by atoms with Gasteiger partial charge < -0.3 is 9.42 Å². The number of hydrogen-bond acceptors (Lipinski definition) is 6. The van der Waals surface area contributed by atoms with Crippen molar-refractivity contribution in [2.75, 3.05) is 18.0 Å². The number of hydrogen-bond donors (Lipinski definition) is 0. The maximum Gasteiger partial charge on any atom is 0.229 e. The largest absolute Gasteiger partial charge is 0.356 e. The quantitative estimate of drug-likeness (QED) is 0.625. The van der Waals surface area contributed by atoms with E-state index >= 15 is 0 Å². The predicted molar refractivity (Wildman–Crippen MR) is 99.8 cm³/mol. The Morgan fingerprint density at radius 1 is 1.23 bits per heavy atom. The Morgan fingerprint density at radius 3 is 2.69 bits per heavy atom. The number of anilines is 1. The third-order valence-electron chi connectivity index (χ3n) is 4.79. The van der Waals surface area contributed by atoms with Crippen molar-refractivity contribution in [1.29, 1.82) is 0 Å². The Kier molecular flexibility index (Phi) is 4.60. The van der Waals surface area contributed by atoms with E-state index in [1.54, 1.807) is 6.07 Å². The number of fused-ring (bicyclic) bond motifs is 1. The fourth-order valence-electron chi connectivity index (χ4n) is 3.31. The van der Waals surface area contributed by atoms with Crippen LogP contribution in [0, 0.1) is 5.82 Å². The van der Waals surface area contributed by atoms with Crippen molar-refractivity contribution in [1.82, 2.24) is 20.1 Å². The molecule has 3 heterocycles. The van der Waals surface area contributed by atoms with E-state index in [4.69, 9.17) is 4.52 Å². The first-order valence-corrected chi connectivity index (χ1v) is 9.51. The van der Waals surface area contributed by atoms with Gasteiger partial charge in [-0.2, -0.15) is 4.98 Å². The molecule has 0 bridgehead atoms. The van der Waals surface area contributed by atoms with Crippen molar-refractivity contribution in [3.8, 4) is 0 Å². The van der Waals surface area contributed by atoms with Gasteiger partial charge in [-0.1, -0.05) is 19.0 Å². The molecule has 26 heavy (non-hydrogen) atoms. The molecule has 3 aromatic rings. The molecule has 1 aromatic carbocycles. The minimum Gasteiger partial charge on any atom is -0.356 e. The highest BCUT2D eigenvalue weighted by Crippen LogP contribution is 2.34. The molecule has 0 saturated carbocycles. The molecule has 1 aliphatic rings. The molecule has 136 valence electrons. The van der Waals surface area contributed by atoms with Crippen molar-refractivity contribution in [2.24, 2.45) is 0 Å². The second-order valence-electron chi connectivity index (χ2n) is 6.86. The average molecular weight is 420 g/mol. The van der Waals surface area contributed by atoms with Gasteiger partial charge in [-0.15, -0.1) is 0 Å². The van der Waals surface area contributed by atoms with Crippen molar-refractivity contribution in [2.45, 2.75) is 38.5 Å². The van der Waals surface area contributed by atoms with Crippen LogP contribution in [0.2, 0.25) is 0 Å². The van der Waals surface area contributed by atoms with Crippen LogP contribution in [0.15, 0.2) is 27.5 Å². The van der Waals surface area contributed by atoms with E-state index in [0.717, 1.165) is 36.2 Å². The summed E-state index contributed by atoms with van der Waals surface area (Å²) in [7, 11) is 0. The van der Waals surface area contributed by atoms with Crippen molar-refractivity contribution in [3.05, 3.63) is 40.5 Å². The van der Waals surface area contributed by atoms with Crippen LogP contribution in [0.25, 0.3) is 10.9 Å². The van der Waals surface area contributed by atoms with Gasteiger partial charge in [0.1, 0.15) is 18.0 Å². The van der Waals surface area contributed by atoms with Gasteiger partial charge in [0.05, 0.1) is 10.9 Å². The minimum absolute atomic E-state index is 0.232. The average Bonchev–Trinajstić information content (AvgIpc) is 3.15. The summed E-state index contributed by atoms with van der Waals surface area (Å²) in [4.78, 5) is 15.2. The molecule has 2 aromatic heterocycles. The zero-order valence-electron chi connectivity index (χ0n) is 14.6. The molecule has 0 aliphatic carbocycles. The Balaban J connectivity index is 1.57. The highest BCUT2D eigenvalue weighted by atomic mass is 79.9. The predicted octanol–water partition coefficient (Wildman–Crippen LogP) is 4.42. The smallest absolute Gasteiger partial charge is 0.229 e. The van der Waals surface area contributed by atoms with E-state index < -0.39 is 0 Å². The number of halogens is 2. The number of nitrogens with zero attached hydrogens (tertiary/aromatic N) is 5. The van der Waals surface area contributed by atoms with Crippen LogP contribution in [0.4, 0.5) is 10.2 Å². The fraction of sp³-hybridized carbons (Fsp3) is 0.444. The first kappa shape index (κ1) is 17.3. The van der Waals surface area contributed by atoms with Gasteiger partial charge in [0.2, 0.25) is 5.89 Å². The fourth-order valence-corrected chi connectivity index (χ4v) is 3.74. The summed E-state index contributed by atoms with van der Waals surface area (Å²) in [5.74, 6) is 2.27. The minimum atomic E-state index is -0.306. The monoisotopic (exact) mass is 419 g/mol. The molecule has 4 rings (SSSR count). The Labute approximate surface area is 159 Å². The van der Waals surface area contributed by atoms with Gasteiger partial charge >= 0.3 is 0 Å². The number of rotatable bonds is 3. The molecule has 1 saturated heterocycles. The molecule has 0 atom stereocenters. The Hall–Kier alpha value is -2.09.